The molecule has 0 spiro atoms. The Morgan fingerprint density at radius 1 is 1.26 bits per heavy atom. The lowest BCUT2D eigenvalue weighted by Crippen LogP contribution is -2.58. The highest BCUT2D eigenvalue weighted by Crippen LogP contribution is 2.38. The Kier molecular flexibility index (Phi) is 3.09. The van der Waals surface area contributed by atoms with E-state index in [1.54, 1.807) is 19.6 Å². The van der Waals surface area contributed by atoms with Gasteiger partial charge in [-0.3, -0.25) is 4.79 Å². The Morgan fingerprint density at radius 3 is 2.68 bits per heavy atom. The largest absolute Gasteiger partial charge is 0.472 e. The molecule has 98 valence electrons. The second kappa shape index (κ2) is 4.90. The van der Waals surface area contributed by atoms with E-state index < -0.39 is 6.10 Å². The van der Waals surface area contributed by atoms with Crippen molar-refractivity contribution in [1.82, 2.24) is 4.90 Å². The van der Waals surface area contributed by atoms with Crippen LogP contribution in [-0.4, -0.2) is 24.0 Å². The quantitative estimate of drug-likeness (QED) is 0.790. The number of furan rings is 1. The molecule has 19 heavy (non-hydrogen) atoms. The van der Waals surface area contributed by atoms with Crippen molar-refractivity contribution in [2.45, 2.75) is 18.7 Å². The fraction of sp³-hybridized carbons (Fsp3) is 0.267. The van der Waals surface area contributed by atoms with Crippen molar-refractivity contribution < 1.29 is 13.9 Å². The predicted octanol–water partition coefficient (Wildman–Crippen LogP) is 2.38. The lowest BCUT2D eigenvalue weighted by Gasteiger charge is -2.45. The normalized spacial score (nSPS) is 22.4. The number of carbonyl (C=O) groups is 1. The first-order valence-corrected chi connectivity index (χ1v) is 6.20. The van der Waals surface area contributed by atoms with Crippen molar-refractivity contribution in [3.8, 4) is 0 Å². The summed E-state index contributed by atoms with van der Waals surface area (Å²) in [7, 11) is 1.56. The second-order valence-electron chi connectivity index (χ2n) is 4.61. The number of hydrogen-bond acceptors (Lipinski definition) is 3. The van der Waals surface area contributed by atoms with Gasteiger partial charge < -0.3 is 14.1 Å². The van der Waals surface area contributed by atoms with Gasteiger partial charge in [-0.1, -0.05) is 30.3 Å². The number of β-lactam (4-membered cyclic amide) rings is 1. The average Bonchev–Trinajstić information content (AvgIpc) is 2.96. The van der Waals surface area contributed by atoms with Crippen molar-refractivity contribution in [2.75, 3.05) is 7.11 Å². The van der Waals surface area contributed by atoms with E-state index in [4.69, 9.17) is 9.15 Å². The molecule has 1 aliphatic rings. The van der Waals surface area contributed by atoms with Gasteiger partial charge in [-0.05, 0) is 11.6 Å². The molecule has 1 amide bonds. The number of rotatable bonds is 4. The zero-order valence-electron chi connectivity index (χ0n) is 10.7. The first-order chi connectivity index (χ1) is 9.31. The SMILES string of the molecule is CO[C@H]1C(=O)N(Cc2ccccc2)[C@H]1c1ccoc1. The van der Waals surface area contributed by atoms with E-state index in [1.165, 1.54) is 0 Å². The number of nitrogens with zero attached hydrogens (tertiary/aromatic N) is 1. The van der Waals surface area contributed by atoms with Gasteiger partial charge in [0, 0.05) is 19.2 Å². The van der Waals surface area contributed by atoms with Gasteiger partial charge in [-0.25, -0.2) is 0 Å². The van der Waals surface area contributed by atoms with Crippen molar-refractivity contribution >= 4 is 5.91 Å². The molecule has 2 aromatic rings. The summed E-state index contributed by atoms with van der Waals surface area (Å²) in [5.41, 5.74) is 2.08. The maximum Gasteiger partial charge on any atom is 0.255 e. The number of likely N-dealkylation sites (tertiary alicyclic amines) is 1. The summed E-state index contributed by atoms with van der Waals surface area (Å²) in [5, 5.41) is 0. The third-order valence-electron chi connectivity index (χ3n) is 3.48. The Labute approximate surface area is 111 Å². The van der Waals surface area contributed by atoms with Crippen molar-refractivity contribution in [3.05, 3.63) is 60.1 Å². The second-order valence-corrected chi connectivity index (χ2v) is 4.61. The van der Waals surface area contributed by atoms with Gasteiger partial charge in [0.1, 0.15) is 0 Å². The molecule has 1 aromatic carbocycles. The number of methoxy groups -OCH3 is 1. The van der Waals surface area contributed by atoms with Gasteiger partial charge in [0.2, 0.25) is 0 Å². The number of carbonyl (C=O) groups excluding carboxylic acids is 1. The third kappa shape index (κ3) is 2.04. The molecule has 0 N–H and O–H groups in total. The molecule has 0 radical (unpaired) electrons. The van der Waals surface area contributed by atoms with Crippen LogP contribution in [0.25, 0.3) is 0 Å². The monoisotopic (exact) mass is 257 g/mol. The van der Waals surface area contributed by atoms with Crippen LogP contribution in [0.5, 0.6) is 0 Å². The maximum atomic E-state index is 12.1. The molecule has 0 unspecified atom stereocenters. The number of ether oxygens (including phenoxy) is 1. The smallest absolute Gasteiger partial charge is 0.255 e. The van der Waals surface area contributed by atoms with E-state index >= 15 is 0 Å². The van der Waals surface area contributed by atoms with Gasteiger partial charge in [-0.15, -0.1) is 0 Å². The fourth-order valence-corrected chi connectivity index (χ4v) is 2.50. The minimum atomic E-state index is -0.402. The van der Waals surface area contributed by atoms with Crippen LogP contribution in [0.1, 0.15) is 17.2 Å². The Balaban J connectivity index is 1.82. The van der Waals surface area contributed by atoms with Crippen molar-refractivity contribution in [3.63, 3.8) is 0 Å². The molecule has 1 saturated heterocycles. The molecule has 1 aromatic heterocycles. The minimum absolute atomic E-state index is 0.0255. The minimum Gasteiger partial charge on any atom is -0.472 e. The van der Waals surface area contributed by atoms with Gasteiger partial charge in [0.25, 0.3) is 5.91 Å². The third-order valence-corrected chi connectivity index (χ3v) is 3.48. The van der Waals surface area contributed by atoms with Crippen LogP contribution >= 0.6 is 0 Å². The molecular weight excluding hydrogens is 242 g/mol. The molecule has 1 aliphatic heterocycles. The van der Waals surface area contributed by atoms with Crippen molar-refractivity contribution in [2.24, 2.45) is 0 Å². The lowest BCUT2D eigenvalue weighted by atomic mass is 9.91. The van der Waals surface area contributed by atoms with Gasteiger partial charge in [0.15, 0.2) is 6.10 Å². The van der Waals surface area contributed by atoms with Gasteiger partial charge >= 0.3 is 0 Å². The number of benzene rings is 1. The summed E-state index contributed by atoms with van der Waals surface area (Å²) in [6.07, 6.45) is 2.88. The number of amides is 1. The molecule has 4 heteroatoms. The highest BCUT2D eigenvalue weighted by Gasteiger charge is 2.48. The highest BCUT2D eigenvalue weighted by molar-refractivity contribution is 5.88. The van der Waals surface area contributed by atoms with Crippen LogP contribution in [0.2, 0.25) is 0 Å². The Bertz CT molecular complexity index is 550. The summed E-state index contributed by atoms with van der Waals surface area (Å²) in [5.74, 6) is 0.0255. The molecule has 0 bridgehead atoms. The molecule has 0 aliphatic carbocycles. The molecule has 1 fully saturated rings. The summed E-state index contributed by atoms with van der Waals surface area (Å²) in [6, 6.07) is 11.8. The summed E-state index contributed by atoms with van der Waals surface area (Å²) < 4.78 is 10.4. The van der Waals surface area contributed by atoms with E-state index in [0.29, 0.717) is 6.54 Å². The van der Waals surface area contributed by atoms with Crippen LogP contribution in [0.15, 0.2) is 53.3 Å². The average molecular weight is 257 g/mol. The van der Waals surface area contributed by atoms with E-state index in [1.807, 2.05) is 41.3 Å². The zero-order chi connectivity index (χ0) is 13.2. The van der Waals surface area contributed by atoms with Crippen LogP contribution in [0.4, 0.5) is 0 Å². The number of hydrogen-bond donors (Lipinski definition) is 0. The predicted molar refractivity (Wildman–Crippen MR) is 69.2 cm³/mol. The maximum absolute atomic E-state index is 12.1. The molecule has 2 atom stereocenters. The van der Waals surface area contributed by atoms with Crippen LogP contribution in [0.3, 0.4) is 0 Å². The van der Waals surface area contributed by atoms with Crippen LogP contribution in [-0.2, 0) is 16.1 Å². The summed E-state index contributed by atoms with van der Waals surface area (Å²) in [4.78, 5) is 13.9. The van der Waals surface area contributed by atoms with E-state index in [-0.39, 0.29) is 11.9 Å². The van der Waals surface area contributed by atoms with Crippen molar-refractivity contribution in [1.29, 1.82) is 0 Å². The molecular formula is C15H15NO3. The van der Waals surface area contributed by atoms with E-state index in [0.717, 1.165) is 11.1 Å². The fourth-order valence-electron chi connectivity index (χ4n) is 2.50. The first-order valence-electron chi connectivity index (χ1n) is 6.20. The van der Waals surface area contributed by atoms with Gasteiger partial charge in [-0.2, -0.15) is 0 Å². The lowest BCUT2D eigenvalue weighted by molar-refractivity contribution is -0.172. The van der Waals surface area contributed by atoms with Crippen LogP contribution in [0, 0.1) is 0 Å². The highest BCUT2D eigenvalue weighted by atomic mass is 16.5. The molecule has 0 saturated carbocycles. The van der Waals surface area contributed by atoms with E-state index in [2.05, 4.69) is 0 Å². The topological polar surface area (TPSA) is 42.7 Å². The van der Waals surface area contributed by atoms with E-state index in [9.17, 15) is 4.79 Å². The molecule has 4 nitrogen and oxygen atoms in total. The Hall–Kier alpha value is -2.07. The molecule has 2 heterocycles. The Morgan fingerprint density at radius 2 is 2.05 bits per heavy atom. The summed E-state index contributed by atoms with van der Waals surface area (Å²) in [6.45, 7) is 0.593. The summed E-state index contributed by atoms with van der Waals surface area (Å²) >= 11 is 0. The first kappa shape index (κ1) is 12.0. The zero-order valence-corrected chi connectivity index (χ0v) is 10.7. The van der Waals surface area contributed by atoms with Gasteiger partial charge in [0.05, 0.1) is 18.6 Å². The standard InChI is InChI=1S/C15H15NO3/c1-18-14-13(12-7-8-19-10-12)16(15(14)17)9-11-5-3-2-4-6-11/h2-8,10,13-14H,9H2,1H3/t13-,14+/m0/s1. The van der Waals surface area contributed by atoms with Crippen LogP contribution < -0.4 is 0 Å². The molecule has 3 rings (SSSR count).